The van der Waals surface area contributed by atoms with Gasteiger partial charge in [0.15, 0.2) is 11.6 Å². The van der Waals surface area contributed by atoms with Crippen LogP contribution in [0.5, 0.6) is 23.0 Å². The molecule has 594 valence electrons. The van der Waals surface area contributed by atoms with Gasteiger partial charge in [-0.25, -0.2) is 0 Å². The molecule has 36 heteroatoms. The second-order valence-corrected chi connectivity index (χ2v) is 27.7. The highest BCUT2D eigenvalue weighted by Gasteiger charge is 2.34. The van der Waals surface area contributed by atoms with Crippen molar-refractivity contribution < 1.29 is 88.8 Å². The number of benzene rings is 4. The average molecular weight is 1530 g/mol. The first-order chi connectivity index (χ1) is 52.4. The smallest absolute Gasteiger partial charge is 0.320 e. The van der Waals surface area contributed by atoms with Crippen LogP contribution in [0.2, 0.25) is 0 Å². The Kier molecular flexibility index (Phi) is 30.5. The Balaban J connectivity index is 0.932. The van der Waals surface area contributed by atoms with Crippen LogP contribution in [-0.2, 0) is 51.4 Å². The van der Waals surface area contributed by atoms with E-state index in [1.165, 1.54) is 47.8 Å². The zero-order chi connectivity index (χ0) is 80.0. The number of aromatic hydroxyl groups is 4. The zero-order valence-corrected chi connectivity index (χ0v) is 62.8. The maximum absolute atomic E-state index is 14.4. The third-order valence-corrected chi connectivity index (χ3v) is 19.0. The van der Waals surface area contributed by atoms with Crippen LogP contribution >= 0.6 is 0 Å². The molecule has 2 aliphatic rings. The molecule has 4 aromatic carbocycles. The number of phenols is 4. The van der Waals surface area contributed by atoms with E-state index in [9.17, 15) is 88.8 Å². The van der Waals surface area contributed by atoms with E-state index in [2.05, 4.69) is 57.2 Å². The SMILES string of the molecule is CCNC(=O)c1nnc(-c2cc(C(C)C)c(O)cc2O)n1-c1ccc(CNCCNC(=O)[C@@H](C)NC(=O)[C@@H](CC(=O)N2CCN(Cc3ccc(-n4c(C(=O)NCC)nnc4-c4cc(C(C)C)c(O)cc4O)cc3)CC2)NC(=O)CC[C@H](C(=O)O)N2CCN(CC(=O)O)CCN(CC(=O)O)CCN(CC(=O)O)CC2)cc1. The molecule has 2 aliphatic heterocycles. The van der Waals surface area contributed by atoms with E-state index < -0.39 is 110 Å². The highest BCUT2D eigenvalue weighted by Crippen LogP contribution is 2.40. The topological polar surface area (TPSA) is 486 Å². The lowest BCUT2D eigenvalue weighted by Crippen LogP contribution is -2.55. The lowest BCUT2D eigenvalue weighted by Gasteiger charge is -2.35. The van der Waals surface area contributed by atoms with Crippen molar-refractivity contribution in [3.05, 3.63) is 107 Å². The molecule has 0 aliphatic carbocycles. The van der Waals surface area contributed by atoms with Gasteiger partial charge in [-0.15, -0.1) is 20.4 Å². The molecule has 4 heterocycles. The van der Waals surface area contributed by atoms with Gasteiger partial charge in [0, 0.05) is 148 Å². The van der Waals surface area contributed by atoms with Gasteiger partial charge in [0.25, 0.3) is 11.8 Å². The molecule has 0 radical (unpaired) electrons. The maximum atomic E-state index is 14.4. The molecule has 110 heavy (non-hydrogen) atoms. The largest absolute Gasteiger partial charge is 0.508 e. The van der Waals surface area contributed by atoms with Gasteiger partial charge in [-0.1, -0.05) is 52.0 Å². The quantitative estimate of drug-likeness (QED) is 0.0254. The van der Waals surface area contributed by atoms with Gasteiger partial charge in [0.1, 0.15) is 41.1 Å². The van der Waals surface area contributed by atoms with E-state index in [0.29, 0.717) is 61.8 Å². The van der Waals surface area contributed by atoms with Gasteiger partial charge in [-0.05, 0) is 97.7 Å². The summed E-state index contributed by atoms with van der Waals surface area (Å²) in [6, 6.07) is 15.8. The van der Waals surface area contributed by atoms with Crippen molar-refractivity contribution in [1.29, 1.82) is 0 Å². The molecule has 36 nitrogen and oxygen atoms in total. The van der Waals surface area contributed by atoms with Gasteiger partial charge in [0.2, 0.25) is 35.3 Å². The third kappa shape index (κ3) is 23.2. The maximum Gasteiger partial charge on any atom is 0.320 e. The van der Waals surface area contributed by atoms with Crippen LogP contribution in [-0.4, -0.2) is 302 Å². The van der Waals surface area contributed by atoms with E-state index >= 15 is 0 Å². The first-order valence-electron chi connectivity index (χ1n) is 36.6. The molecule has 6 aromatic rings. The molecule has 2 aromatic heterocycles. The molecule has 3 atom stereocenters. The number of nitrogens with one attached hydrogen (secondary N) is 6. The lowest BCUT2D eigenvalue weighted by atomic mass is 9.98. The lowest BCUT2D eigenvalue weighted by molar-refractivity contribution is -0.145. The first kappa shape index (κ1) is 84.4. The molecule has 0 spiro atoms. The summed E-state index contributed by atoms with van der Waals surface area (Å²) in [6.45, 7) is 14.2. The number of rotatable bonds is 34. The number of phenolic OH excluding ortho intramolecular Hbond substituents is 4. The van der Waals surface area contributed by atoms with Crippen molar-refractivity contribution in [2.75, 3.05) is 124 Å². The second kappa shape index (κ2) is 39.8. The summed E-state index contributed by atoms with van der Waals surface area (Å²) in [5.41, 5.74) is 4.25. The molecule has 6 amide bonds. The fourth-order valence-electron chi connectivity index (χ4n) is 13.0. The molecule has 8 rings (SSSR count). The highest BCUT2D eigenvalue weighted by molar-refractivity contribution is 5.96. The second-order valence-electron chi connectivity index (χ2n) is 27.7. The number of carboxylic acid groups (broad SMARTS) is 4. The van der Waals surface area contributed by atoms with Crippen molar-refractivity contribution in [2.45, 2.75) is 111 Å². The average Bonchev–Trinajstić information content (AvgIpc) is 1.62. The number of hydrogen-bond acceptors (Lipinski definition) is 24. The predicted molar refractivity (Wildman–Crippen MR) is 400 cm³/mol. The van der Waals surface area contributed by atoms with Crippen LogP contribution < -0.4 is 31.9 Å². The van der Waals surface area contributed by atoms with Crippen molar-refractivity contribution in [3.8, 4) is 57.1 Å². The number of aliphatic carboxylic acids is 4. The van der Waals surface area contributed by atoms with Crippen molar-refractivity contribution in [2.24, 2.45) is 0 Å². The Hall–Kier alpha value is -11.2. The van der Waals surface area contributed by atoms with Crippen LogP contribution in [0.15, 0.2) is 72.8 Å². The van der Waals surface area contributed by atoms with Gasteiger partial charge in [-0.2, -0.15) is 0 Å². The van der Waals surface area contributed by atoms with E-state index in [1.807, 2.05) is 39.8 Å². The standard InChI is InChI=1S/C74H100N18O18/c1-8-76-72(107)68-83-81-66(53-34-51(44(3)4)57(93)37-59(53)95)91(68)49-14-10-47(11-15-49)39-75-20-21-78-70(105)46(7)79-71(106)55(80-61(97)19-18-56(74(109)110)89-30-26-87(42-64(101)102)24-22-86(41-63(99)100)23-25-88(27-31-89)43-65(103)104)36-62(98)90-32-28-85(29-33-90)40-48-12-16-50(17-13-48)92-67(82-84-69(92)73(108)77-9-2)54-35-52(45(5)6)58(94)38-60(54)96/h10-17,34-35,37-38,44-46,55-56,75,93-96H,8-9,18-33,36,39-43H2,1-7H3,(H,76,107)(H,77,108)(H,78,105)(H,79,106)(H,80,97)(H,99,100)(H,101,102)(H,103,104)(H,109,110)/t46-,55-,56-/m1/s1. The zero-order valence-electron chi connectivity index (χ0n) is 62.8. The normalized spacial score (nSPS) is 15.4. The number of carbonyl (C=O) groups is 10. The Morgan fingerprint density at radius 2 is 0.918 bits per heavy atom. The van der Waals surface area contributed by atoms with Gasteiger partial charge in [-0.3, -0.25) is 81.6 Å². The predicted octanol–water partition coefficient (Wildman–Crippen LogP) is 1.39. The summed E-state index contributed by atoms with van der Waals surface area (Å²) >= 11 is 0. The summed E-state index contributed by atoms with van der Waals surface area (Å²) in [5.74, 6) is -9.48. The molecule has 14 N–H and O–H groups in total. The summed E-state index contributed by atoms with van der Waals surface area (Å²) < 4.78 is 3.03. The minimum absolute atomic E-state index is 0.00883. The van der Waals surface area contributed by atoms with E-state index in [1.54, 1.807) is 67.3 Å². The fourth-order valence-corrected chi connectivity index (χ4v) is 13.0. The number of carbonyl (C=O) groups excluding carboxylic acids is 6. The van der Waals surface area contributed by atoms with Crippen LogP contribution in [0.1, 0.15) is 123 Å². The van der Waals surface area contributed by atoms with E-state index in [-0.39, 0.29) is 154 Å². The number of piperazine rings is 1. The monoisotopic (exact) mass is 1530 g/mol. The number of aromatic nitrogens is 6. The minimum atomic E-state index is -1.58. The molecule has 2 saturated heterocycles. The minimum Gasteiger partial charge on any atom is -0.508 e. The Morgan fingerprint density at radius 3 is 1.35 bits per heavy atom. The Labute approximate surface area is 635 Å². The highest BCUT2D eigenvalue weighted by atomic mass is 16.4. The molecule has 0 unspecified atom stereocenters. The molecule has 0 bridgehead atoms. The molecular formula is C74H100N18O18. The fraction of sp³-hybridized carbons (Fsp3) is 0.486. The van der Waals surface area contributed by atoms with Gasteiger partial charge < -0.3 is 77.7 Å². The van der Waals surface area contributed by atoms with Crippen molar-refractivity contribution >= 4 is 59.3 Å². The number of carboxylic acids is 4. The first-order valence-corrected chi connectivity index (χ1v) is 36.6. The molecule has 2 fully saturated rings. The van der Waals surface area contributed by atoms with Crippen LogP contribution in [0.25, 0.3) is 34.2 Å². The third-order valence-electron chi connectivity index (χ3n) is 19.0. The van der Waals surface area contributed by atoms with E-state index in [0.717, 1.165) is 11.1 Å². The van der Waals surface area contributed by atoms with Crippen LogP contribution in [0, 0.1) is 0 Å². The van der Waals surface area contributed by atoms with Crippen molar-refractivity contribution in [3.63, 3.8) is 0 Å². The number of amides is 6. The molecular weight excluding hydrogens is 1430 g/mol. The van der Waals surface area contributed by atoms with E-state index in [4.69, 9.17) is 0 Å². The Bertz CT molecular complexity index is 4200. The molecule has 0 saturated carbocycles. The van der Waals surface area contributed by atoms with Crippen LogP contribution in [0.4, 0.5) is 0 Å². The summed E-state index contributed by atoms with van der Waals surface area (Å²) in [5, 5.41) is 117. The van der Waals surface area contributed by atoms with Gasteiger partial charge >= 0.3 is 23.9 Å². The number of hydrogen-bond donors (Lipinski definition) is 14. The van der Waals surface area contributed by atoms with Crippen molar-refractivity contribution in [1.82, 2.24) is 90.8 Å². The summed E-state index contributed by atoms with van der Waals surface area (Å²) in [7, 11) is 0. The summed E-state index contributed by atoms with van der Waals surface area (Å²) in [6.07, 6.45) is -1.45. The Morgan fingerprint density at radius 1 is 0.482 bits per heavy atom. The van der Waals surface area contributed by atoms with Crippen LogP contribution in [0.3, 0.4) is 0 Å². The summed E-state index contributed by atoms with van der Waals surface area (Å²) in [4.78, 5) is 142. The number of nitrogens with zero attached hydrogens (tertiary/aromatic N) is 12. The van der Waals surface area contributed by atoms with Gasteiger partial charge in [0.05, 0.1) is 37.2 Å².